The molecule has 0 saturated carbocycles. The van der Waals surface area contributed by atoms with Crippen molar-refractivity contribution in [2.75, 3.05) is 11.9 Å². The van der Waals surface area contributed by atoms with Crippen molar-refractivity contribution in [1.29, 1.82) is 0 Å². The minimum absolute atomic E-state index is 0.272. The highest BCUT2D eigenvalue weighted by Crippen LogP contribution is 2.28. The molecule has 0 radical (unpaired) electrons. The summed E-state index contributed by atoms with van der Waals surface area (Å²) in [6.07, 6.45) is 5.65. The average Bonchev–Trinajstić information content (AvgIpc) is 2.87. The molecule has 3 aromatic rings. The first-order valence-electron chi connectivity index (χ1n) is 12.7. The van der Waals surface area contributed by atoms with Crippen LogP contribution < -0.4 is 10.6 Å². The normalized spacial score (nSPS) is 12.6. The predicted octanol–water partition coefficient (Wildman–Crippen LogP) is 5.65. The number of nitrogens with zero attached hydrogens (tertiary/aromatic N) is 1. The van der Waals surface area contributed by atoms with Crippen molar-refractivity contribution in [2.45, 2.75) is 58.7 Å². The number of alkyl carbamates (subject to hydrolysis) is 1. The van der Waals surface area contributed by atoms with Crippen molar-refractivity contribution in [1.82, 2.24) is 10.2 Å². The van der Waals surface area contributed by atoms with Gasteiger partial charge in [-0.25, -0.2) is 4.79 Å². The molecule has 0 aliphatic heterocycles. The van der Waals surface area contributed by atoms with Gasteiger partial charge in [-0.05, 0) is 68.7 Å². The second-order valence-electron chi connectivity index (χ2n) is 10.1. The van der Waals surface area contributed by atoms with Gasteiger partial charge in [0, 0.05) is 17.8 Å². The summed E-state index contributed by atoms with van der Waals surface area (Å²) in [5, 5.41) is 7.59. The topological polar surface area (TPSA) is 87.7 Å². The molecule has 0 fully saturated rings. The standard InChI is InChI=1S/C31H35N3O4/c1-7-19-34(29(36)21(3)32-30(37)38-31(4,5)6)27(26-16-12-11-13-22(26)8-2)28(35)33-25-18-17-23-14-9-10-15-24(23)20-25/h2,9-18,20-21,27H,7,19H2,1,3-6H3,(H,32,37)(H,33,35). The fourth-order valence-electron chi connectivity index (χ4n) is 4.20. The number of fused-ring (bicyclic) bond motifs is 1. The highest BCUT2D eigenvalue weighted by Gasteiger charge is 2.35. The van der Waals surface area contributed by atoms with Crippen molar-refractivity contribution in [3.8, 4) is 12.3 Å². The molecule has 7 heteroatoms. The maximum absolute atomic E-state index is 13.9. The second kappa shape index (κ2) is 12.3. The van der Waals surface area contributed by atoms with E-state index in [1.54, 1.807) is 52.0 Å². The fourth-order valence-corrected chi connectivity index (χ4v) is 4.20. The van der Waals surface area contributed by atoms with Crippen LogP contribution in [0.15, 0.2) is 66.7 Å². The van der Waals surface area contributed by atoms with Gasteiger partial charge in [-0.1, -0.05) is 61.4 Å². The Kier molecular flexibility index (Phi) is 9.14. The Bertz CT molecular complexity index is 1350. The molecule has 0 aliphatic rings. The molecule has 0 aliphatic carbocycles. The molecular weight excluding hydrogens is 478 g/mol. The minimum atomic E-state index is -1.02. The first-order valence-corrected chi connectivity index (χ1v) is 12.7. The summed E-state index contributed by atoms with van der Waals surface area (Å²) in [6, 6.07) is 18.6. The van der Waals surface area contributed by atoms with E-state index >= 15 is 0 Å². The van der Waals surface area contributed by atoms with Gasteiger partial charge in [0.15, 0.2) is 0 Å². The molecule has 2 N–H and O–H groups in total. The van der Waals surface area contributed by atoms with Gasteiger partial charge in [0.25, 0.3) is 5.91 Å². The molecule has 198 valence electrons. The number of terminal acetylenes is 1. The lowest BCUT2D eigenvalue weighted by Gasteiger charge is -2.34. The summed E-state index contributed by atoms with van der Waals surface area (Å²) < 4.78 is 5.31. The van der Waals surface area contributed by atoms with Crippen molar-refractivity contribution < 1.29 is 19.1 Å². The van der Waals surface area contributed by atoms with E-state index in [4.69, 9.17) is 11.2 Å². The van der Waals surface area contributed by atoms with Crippen molar-refractivity contribution in [2.24, 2.45) is 0 Å². The van der Waals surface area contributed by atoms with Crippen LogP contribution in [0.25, 0.3) is 10.8 Å². The first kappa shape index (κ1) is 28.3. The Balaban J connectivity index is 1.98. The van der Waals surface area contributed by atoms with Crippen LogP contribution in [-0.2, 0) is 14.3 Å². The molecule has 0 saturated heterocycles. The Morgan fingerprint density at radius 1 is 1.00 bits per heavy atom. The SMILES string of the molecule is C#Cc1ccccc1C(C(=O)Nc1ccc2ccccc2c1)N(CCC)C(=O)C(C)NC(=O)OC(C)(C)C. The zero-order valence-corrected chi connectivity index (χ0v) is 22.6. The van der Waals surface area contributed by atoms with Crippen molar-refractivity contribution >= 4 is 34.4 Å². The van der Waals surface area contributed by atoms with Crippen molar-refractivity contribution in [3.05, 3.63) is 77.9 Å². The molecule has 0 spiro atoms. The van der Waals surface area contributed by atoms with E-state index in [-0.39, 0.29) is 6.54 Å². The van der Waals surface area contributed by atoms with Gasteiger partial charge in [-0.2, -0.15) is 0 Å². The van der Waals surface area contributed by atoms with E-state index in [0.717, 1.165) is 10.8 Å². The maximum atomic E-state index is 13.9. The number of ether oxygens (including phenoxy) is 1. The molecule has 3 rings (SSSR count). The molecule has 2 unspecified atom stereocenters. The third kappa shape index (κ3) is 7.13. The number of amides is 3. The number of hydrogen-bond acceptors (Lipinski definition) is 4. The summed E-state index contributed by atoms with van der Waals surface area (Å²) in [7, 11) is 0. The summed E-state index contributed by atoms with van der Waals surface area (Å²) >= 11 is 0. The van der Waals surface area contributed by atoms with Crippen LogP contribution in [0.2, 0.25) is 0 Å². The van der Waals surface area contributed by atoms with Gasteiger partial charge in [0.05, 0.1) is 0 Å². The fraction of sp³-hybridized carbons (Fsp3) is 0.323. The number of benzene rings is 3. The van der Waals surface area contributed by atoms with E-state index in [9.17, 15) is 14.4 Å². The lowest BCUT2D eigenvalue weighted by molar-refractivity contribution is -0.140. The molecule has 0 bridgehead atoms. The molecular formula is C31H35N3O4. The van der Waals surface area contributed by atoms with Crippen LogP contribution in [0, 0.1) is 12.3 Å². The van der Waals surface area contributed by atoms with Crippen molar-refractivity contribution in [3.63, 3.8) is 0 Å². The molecule has 38 heavy (non-hydrogen) atoms. The largest absolute Gasteiger partial charge is 0.444 e. The number of anilines is 1. The molecule has 3 amide bonds. The van der Waals surface area contributed by atoms with Crippen LogP contribution in [-0.4, -0.2) is 41.0 Å². The van der Waals surface area contributed by atoms with Crippen LogP contribution in [0.3, 0.4) is 0 Å². The third-order valence-corrected chi connectivity index (χ3v) is 5.84. The monoisotopic (exact) mass is 513 g/mol. The molecule has 0 aromatic heterocycles. The zero-order valence-electron chi connectivity index (χ0n) is 22.6. The summed E-state index contributed by atoms with van der Waals surface area (Å²) in [5.41, 5.74) is 0.914. The minimum Gasteiger partial charge on any atom is -0.444 e. The van der Waals surface area contributed by atoms with E-state index in [2.05, 4.69) is 16.6 Å². The zero-order chi connectivity index (χ0) is 27.9. The van der Waals surface area contributed by atoms with Gasteiger partial charge in [-0.3, -0.25) is 9.59 Å². The van der Waals surface area contributed by atoms with Gasteiger partial charge >= 0.3 is 6.09 Å². The number of hydrogen-bond donors (Lipinski definition) is 2. The number of carbonyl (C=O) groups is 3. The van der Waals surface area contributed by atoms with Crippen LogP contribution in [0.1, 0.15) is 58.2 Å². The smallest absolute Gasteiger partial charge is 0.408 e. The number of nitrogens with one attached hydrogen (secondary N) is 2. The quantitative estimate of drug-likeness (QED) is 0.381. The lowest BCUT2D eigenvalue weighted by Crippen LogP contribution is -2.51. The molecule has 3 aromatic carbocycles. The van der Waals surface area contributed by atoms with E-state index in [1.807, 2.05) is 49.4 Å². The summed E-state index contributed by atoms with van der Waals surface area (Å²) in [5.74, 6) is 1.80. The Morgan fingerprint density at radius 3 is 2.32 bits per heavy atom. The highest BCUT2D eigenvalue weighted by atomic mass is 16.6. The molecule has 7 nitrogen and oxygen atoms in total. The lowest BCUT2D eigenvalue weighted by atomic mass is 9.97. The van der Waals surface area contributed by atoms with Crippen LogP contribution in [0.5, 0.6) is 0 Å². The molecule has 0 heterocycles. The number of rotatable bonds is 8. The van der Waals surface area contributed by atoms with E-state index in [0.29, 0.717) is 23.2 Å². The Morgan fingerprint density at radius 2 is 1.66 bits per heavy atom. The number of carbonyl (C=O) groups excluding carboxylic acids is 3. The van der Waals surface area contributed by atoms with Gasteiger partial charge in [-0.15, -0.1) is 6.42 Å². The predicted molar refractivity (Wildman–Crippen MR) is 151 cm³/mol. The van der Waals surface area contributed by atoms with Crippen LogP contribution >= 0.6 is 0 Å². The molecule has 2 atom stereocenters. The third-order valence-electron chi connectivity index (χ3n) is 5.84. The highest BCUT2D eigenvalue weighted by molar-refractivity contribution is 6.00. The summed E-state index contributed by atoms with van der Waals surface area (Å²) in [6.45, 7) is 8.98. The Hall–Kier alpha value is -4.31. The van der Waals surface area contributed by atoms with Gasteiger partial charge < -0.3 is 20.3 Å². The van der Waals surface area contributed by atoms with E-state index in [1.165, 1.54) is 4.90 Å². The van der Waals surface area contributed by atoms with Gasteiger partial charge in [0.1, 0.15) is 17.7 Å². The van der Waals surface area contributed by atoms with Crippen LogP contribution in [0.4, 0.5) is 10.5 Å². The first-order chi connectivity index (χ1) is 18.0. The second-order valence-corrected chi connectivity index (χ2v) is 10.1. The van der Waals surface area contributed by atoms with Gasteiger partial charge in [0.2, 0.25) is 5.91 Å². The average molecular weight is 514 g/mol. The van der Waals surface area contributed by atoms with E-state index < -0.39 is 35.6 Å². The Labute approximate surface area is 224 Å². The summed E-state index contributed by atoms with van der Waals surface area (Å²) in [4.78, 5) is 41.4. The maximum Gasteiger partial charge on any atom is 0.408 e.